The van der Waals surface area contributed by atoms with Crippen LogP contribution in [0.2, 0.25) is 0 Å². The summed E-state index contributed by atoms with van der Waals surface area (Å²) in [6.07, 6.45) is -2.72. The Morgan fingerprint density at radius 1 is 1.11 bits per heavy atom. The van der Waals surface area contributed by atoms with Crippen LogP contribution in [0.3, 0.4) is 0 Å². The first-order valence-electron chi connectivity index (χ1n) is 5.79. The number of anilines is 1. The molecule has 18 heavy (non-hydrogen) atoms. The standard InChI is InChI=1S/C13H13F3N2/c1-17-11-6-8-18(9-7-11)12-4-2-10(3-5-12)13(14,15)16/h2-5,11H,6-9H2. The van der Waals surface area contributed by atoms with Gasteiger partial charge >= 0.3 is 6.18 Å². The zero-order valence-electron chi connectivity index (χ0n) is 9.74. The fourth-order valence-corrected chi connectivity index (χ4v) is 2.11. The van der Waals surface area contributed by atoms with Crippen molar-refractivity contribution in [3.63, 3.8) is 0 Å². The third kappa shape index (κ3) is 2.76. The first-order chi connectivity index (χ1) is 8.50. The van der Waals surface area contributed by atoms with Crippen molar-refractivity contribution in [3.05, 3.63) is 41.2 Å². The molecule has 0 spiro atoms. The fraction of sp³-hybridized carbons (Fsp3) is 0.462. The molecular weight excluding hydrogens is 241 g/mol. The quantitative estimate of drug-likeness (QED) is 0.695. The van der Waals surface area contributed by atoms with Gasteiger partial charge in [-0.2, -0.15) is 13.2 Å². The largest absolute Gasteiger partial charge is 0.416 e. The maximum absolute atomic E-state index is 12.4. The van der Waals surface area contributed by atoms with Crippen LogP contribution in [0.25, 0.3) is 4.85 Å². The maximum Gasteiger partial charge on any atom is 0.416 e. The predicted molar refractivity (Wildman–Crippen MR) is 63.3 cm³/mol. The van der Waals surface area contributed by atoms with Crippen LogP contribution in [0.15, 0.2) is 24.3 Å². The van der Waals surface area contributed by atoms with E-state index in [0.29, 0.717) is 0 Å². The molecule has 2 rings (SSSR count). The Bertz CT molecular complexity index is 437. The Balaban J connectivity index is 2.05. The lowest BCUT2D eigenvalue weighted by Crippen LogP contribution is -2.34. The van der Waals surface area contributed by atoms with Crippen LogP contribution in [-0.2, 0) is 6.18 Å². The Labute approximate surface area is 104 Å². The molecule has 0 aliphatic carbocycles. The Hall–Kier alpha value is -1.70. The molecule has 0 saturated carbocycles. The van der Waals surface area contributed by atoms with Crippen molar-refractivity contribution >= 4 is 5.69 Å². The molecule has 1 fully saturated rings. The molecule has 1 saturated heterocycles. The van der Waals surface area contributed by atoms with Crippen LogP contribution in [0.4, 0.5) is 18.9 Å². The van der Waals surface area contributed by atoms with Gasteiger partial charge in [0.25, 0.3) is 0 Å². The molecule has 0 unspecified atom stereocenters. The highest BCUT2D eigenvalue weighted by Crippen LogP contribution is 2.31. The van der Waals surface area contributed by atoms with E-state index in [-0.39, 0.29) is 6.04 Å². The van der Waals surface area contributed by atoms with Gasteiger partial charge in [-0.1, -0.05) is 0 Å². The number of hydrogen-bond acceptors (Lipinski definition) is 1. The van der Waals surface area contributed by atoms with Crippen LogP contribution in [-0.4, -0.2) is 19.1 Å². The van der Waals surface area contributed by atoms with E-state index in [1.165, 1.54) is 12.1 Å². The highest BCUT2D eigenvalue weighted by atomic mass is 19.4. The van der Waals surface area contributed by atoms with E-state index in [2.05, 4.69) is 4.85 Å². The molecule has 1 aromatic rings. The first kappa shape index (κ1) is 12.7. The molecule has 1 aromatic carbocycles. The van der Waals surface area contributed by atoms with E-state index in [0.717, 1.165) is 43.8 Å². The van der Waals surface area contributed by atoms with Crippen molar-refractivity contribution in [2.45, 2.75) is 25.1 Å². The highest BCUT2D eigenvalue weighted by molar-refractivity contribution is 5.48. The predicted octanol–water partition coefficient (Wildman–Crippen LogP) is 3.59. The second-order valence-corrected chi connectivity index (χ2v) is 4.39. The summed E-state index contributed by atoms with van der Waals surface area (Å²) >= 11 is 0. The fourth-order valence-electron chi connectivity index (χ4n) is 2.11. The summed E-state index contributed by atoms with van der Waals surface area (Å²) in [7, 11) is 0. The highest BCUT2D eigenvalue weighted by Gasteiger charge is 2.30. The van der Waals surface area contributed by atoms with Gasteiger partial charge in [0.2, 0.25) is 6.04 Å². The van der Waals surface area contributed by atoms with Crippen molar-refractivity contribution in [1.82, 2.24) is 0 Å². The molecule has 0 radical (unpaired) electrons. The van der Waals surface area contributed by atoms with Crippen LogP contribution in [0.1, 0.15) is 18.4 Å². The third-order valence-corrected chi connectivity index (χ3v) is 3.21. The summed E-state index contributed by atoms with van der Waals surface area (Å²) in [5.74, 6) is 0. The molecule has 96 valence electrons. The molecule has 5 heteroatoms. The zero-order chi connectivity index (χ0) is 13.2. The summed E-state index contributed by atoms with van der Waals surface area (Å²) in [6.45, 7) is 8.41. The van der Waals surface area contributed by atoms with Gasteiger partial charge in [0.15, 0.2) is 0 Å². The first-order valence-corrected chi connectivity index (χ1v) is 5.79. The molecule has 0 amide bonds. The van der Waals surface area contributed by atoms with Crippen molar-refractivity contribution in [1.29, 1.82) is 0 Å². The lowest BCUT2D eigenvalue weighted by molar-refractivity contribution is -0.137. The van der Waals surface area contributed by atoms with Crippen molar-refractivity contribution in [3.8, 4) is 0 Å². The lowest BCUT2D eigenvalue weighted by Gasteiger charge is -2.29. The molecule has 0 aromatic heterocycles. The minimum atomic E-state index is -4.28. The second kappa shape index (κ2) is 4.89. The average molecular weight is 254 g/mol. The second-order valence-electron chi connectivity index (χ2n) is 4.39. The number of halogens is 3. The zero-order valence-corrected chi connectivity index (χ0v) is 9.74. The van der Waals surface area contributed by atoms with Gasteiger partial charge in [-0.05, 0) is 24.3 Å². The van der Waals surface area contributed by atoms with E-state index in [1.807, 2.05) is 4.90 Å². The number of benzene rings is 1. The van der Waals surface area contributed by atoms with Gasteiger partial charge in [0, 0.05) is 31.6 Å². The van der Waals surface area contributed by atoms with E-state index in [1.54, 1.807) is 0 Å². The molecule has 0 atom stereocenters. The summed E-state index contributed by atoms with van der Waals surface area (Å²) < 4.78 is 37.2. The minimum absolute atomic E-state index is 0.0655. The summed E-state index contributed by atoms with van der Waals surface area (Å²) in [4.78, 5) is 5.53. The van der Waals surface area contributed by atoms with Gasteiger partial charge in [0.1, 0.15) is 0 Å². The van der Waals surface area contributed by atoms with Crippen molar-refractivity contribution < 1.29 is 13.2 Å². The van der Waals surface area contributed by atoms with Gasteiger partial charge < -0.3 is 9.74 Å². The average Bonchev–Trinajstić information content (AvgIpc) is 2.38. The molecular formula is C13H13F3N2. The SMILES string of the molecule is [C-]#[N+]C1CCN(c2ccc(C(F)(F)F)cc2)CC1. The summed E-state index contributed by atoms with van der Waals surface area (Å²) in [6, 6.07) is 5.28. The number of alkyl halides is 3. The Morgan fingerprint density at radius 3 is 2.11 bits per heavy atom. The summed E-state index contributed by atoms with van der Waals surface area (Å²) in [5.41, 5.74) is 0.175. The number of rotatable bonds is 1. The number of hydrogen-bond donors (Lipinski definition) is 0. The van der Waals surface area contributed by atoms with Crippen LogP contribution < -0.4 is 4.90 Å². The van der Waals surface area contributed by atoms with E-state index >= 15 is 0 Å². The number of piperidine rings is 1. The van der Waals surface area contributed by atoms with Gasteiger partial charge in [-0.3, -0.25) is 0 Å². The van der Waals surface area contributed by atoms with Crippen LogP contribution in [0, 0.1) is 6.57 Å². The molecule has 1 aliphatic heterocycles. The van der Waals surface area contributed by atoms with Crippen LogP contribution >= 0.6 is 0 Å². The molecule has 1 heterocycles. The number of nitrogens with zero attached hydrogens (tertiary/aromatic N) is 2. The van der Waals surface area contributed by atoms with E-state index in [4.69, 9.17) is 6.57 Å². The third-order valence-electron chi connectivity index (χ3n) is 3.21. The van der Waals surface area contributed by atoms with Crippen molar-refractivity contribution in [2.75, 3.05) is 18.0 Å². The van der Waals surface area contributed by atoms with Gasteiger partial charge in [0.05, 0.1) is 5.56 Å². The Morgan fingerprint density at radius 2 is 1.67 bits per heavy atom. The molecule has 0 bridgehead atoms. The normalized spacial score (nSPS) is 17.6. The maximum atomic E-state index is 12.4. The van der Waals surface area contributed by atoms with Gasteiger partial charge in [-0.25, -0.2) is 6.57 Å². The van der Waals surface area contributed by atoms with Crippen molar-refractivity contribution in [2.24, 2.45) is 0 Å². The van der Waals surface area contributed by atoms with E-state index < -0.39 is 11.7 Å². The molecule has 1 aliphatic rings. The van der Waals surface area contributed by atoms with Gasteiger partial charge in [-0.15, -0.1) is 0 Å². The van der Waals surface area contributed by atoms with Crippen LogP contribution in [0.5, 0.6) is 0 Å². The van der Waals surface area contributed by atoms with E-state index in [9.17, 15) is 13.2 Å². The monoisotopic (exact) mass is 254 g/mol. The molecule has 0 N–H and O–H groups in total. The minimum Gasteiger partial charge on any atom is -0.371 e. The topological polar surface area (TPSA) is 7.60 Å². The summed E-state index contributed by atoms with van der Waals surface area (Å²) in [5, 5.41) is 0. The lowest BCUT2D eigenvalue weighted by atomic mass is 10.0. The smallest absolute Gasteiger partial charge is 0.371 e. The Kier molecular flexibility index (Phi) is 3.46. The molecule has 2 nitrogen and oxygen atoms in total.